The molecule has 1 aromatic heterocycles. The molecule has 0 bridgehead atoms. The Morgan fingerprint density at radius 3 is 2.48 bits per heavy atom. The highest BCUT2D eigenvalue weighted by atomic mass is 19.1. The summed E-state index contributed by atoms with van der Waals surface area (Å²) in [7, 11) is 0. The fourth-order valence-electron chi connectivity index (χ4n) is 2.94. The first kappa shape index (κ1) is 17.5. The van der Waals surface area contributed by atoms with E-state index in [0.717, 1.165) is 12.8 Å². The predicted octanol–water partition coefficient (Wildman–Crippen LogP) is 6.55. The van der Waals surface area contributed by atoms with Crippen molar-refractivity contribution in [1.29, 1.82) is 0 Å². The number of rotatable bonds is 7. The molecule has 0 amide bonds. The van der Waals surface area contributed by atoms with E-state index in [9.17, 15) is 8.78 Å². The van der Waals surface area contributed by atoms with Crippen LogP contribution in [0.5, 0.6) is 5.75 Å². The summed E-state index contributed by atoms with van der Waals surface area (Å²) in [4.78, 5) is 0. The Balaban J connectivity index is 2.00. The lowest BCUT2D eigenvalue weighted by atomic mass is 10.0. The second kappa shape index (κ2) is 7.68. The van der Waals surface area contributed by atoms with Crippen molar-refractivity contribution in [3.63, 3.8) is 0 Å². The van der Waals surface area contributed by atoms with Crippen LogP contribution >= 0.6 is 0 Å². The van der Waals surface area contributed by atoms with E-state index in [4.69, 9.17) is 9.15 Å². The molecule has 0 saturated heterocycles. The third kappa shape index (κ3) is 3.39. The minimum atomic E-state index is -0.580. The summed E-state index contributed by atoms with van der Waals surface area (Å²) in [5.41, 5.74) is 0.773. The molecule has 0 aliphatic heterocycles. The molecule has 3 rings (SSSR count). The van der Waals surface area contributed by atoms with Crippen LogP contribution in [0.15, 0.2) is 40.8 Å². The number of unbranched alkanes of at least 4 members (excludes halogenated alkanes) is 1. The maximum atomic E-state index is 14.7. The van der Waals surface area contributed by atoms with Crippen molar-refractivity contribution < 1.29 is 17.9 Å². The molecule has 0 aliphatic rings. The standard InChI is InChI=1S/C21H22F2O2/c1-3-5-7-13-24-17-12-11-16-15-10-9-14(8-6-4-2)18(22)20(15)25-21(16)19(17)23/h3,5,9-12H,4,6-8,13H2,1-2H3/b5-3+. The average molecular weight is 344 g/mol. The summed E-state index contributed by atoms with van der Waals surface area (Å²) >= 11 is 0. The minimum Gasteiger partial charge on any atom is -0.490 e. The Bertz CT molecular complexity index is 909. The largest absolute Gasteiger partial charge is 0.490 e. The van der Waals surface area contributed by atoms with Gasteiger partial charge in [0.05, 0.1) is 6.61 Å². The van der Waals surface area contributed by atoms with E-state index in [1.165, 1.54) is 0 Å². The van der Waals surface area contributed by atoms with Crippen molar-refractivity contribution in [1.82, 2.24) is 0 Å². The van der Waals surface area contributed by atoms with Crippen molar-refractivity contribution >= 4 is 21.9 Å². The van der Waals surface area contributed by atoms with Crippen LogP contribution in [0.2, 0.25) is 0 Å². The Hall–Kier alpha value is -2.36. The number of furan rings is 1. The van der Waals surface area contributed by atoms with E-state index in [0.29, 0.717) is 35.8 Å². The molecule has 0 radical (unpaired) electrons. The quantitative estimate of drug-likeness (QED) is 0.358. The summed E-state index contributed by atoms with van der Waals surface area (Å²) in [6.07, 6.45) is 7.11. The molecule has 0 spiro atoms. The topological polar surface area (TPSA) is 22.4 Å². The van der Waals surface area contributed by atoms with Gasteiger partial charge in [-0.2, -0.15) is 4.39 Å². The molecule has 2 nitrogen and oxygen atoms in total. The lowest BCUT2D eigenvalue weighted by molar-refractivity contribution is 0.308. The van der Waals surface area contributed by atoms with Crippen molar-refractivity contribution in [3.8, 4) is 5.75 Å². The lowest BCUT2D eigenvalue weighted by Gasteiger charge is -2.05. The Labute approximate surface area is 146 Å². The van der Waals surface area contributed by atoms with Crippen LogP contribution in [0.1, 0.15) is 38.7 Å². The smallest absolute Gasteiger partial charge is 0.208 e. The predicted molar refractivity (Wildman–Crippen MR) is 97.2 cm³/mol. The first-order valence-corrected chi connectivity index (χ1v) is 8.73. The van der Waals surface area contributed by atoms with Gasteiger partial charge in [-0.25, -0.2) is 4.39 Å². The third-order valence-corrected chi connectivity index (χ3v) is 4.31. The summed E-state index contributed by atoms with van der Waals surface area (Å²) < 4.78 is 40.4. The second-order valence-electron chi connectivity index (χ2n) is 6.08. The molecule has 4 heteroatoms. The number of hydrogen-bond donors (Lipinski definition) is 0. The van der Waals surface area contributed by atoms with Gasteiger partial charge >= 0.3 is 0 Å². The van der Waals surface area contributed by atoms with E-state index in [1.807, 2.05) is 19.1 Å². The van der Waals surface area contributed by atoms with Gasteiger partial charge in [-0.1, -0.05) is 31.6 Å². The summed E-state index contributed by atoms with van der Waals surface area (Å²) in [5.74, 6) is -0.844. The highest BCUT2D eigenvalue weighted by Crippen LogP contribution is 2.36. The zero-order valence-electron chi connectivity index (χ0n) is 14.6. The summed E-state index contributed by atoms with van der Waals surface area (Å²) in [6.45, 7) is 4.36. The van der Waals surface area contributed by atoms with Crippen molar-refractivity contribution in [2.24, 2.45) is 0 Å². The molecule has 0 unspecified atom stereocenters. The van der Waals surface area contributed by atoms with Gasteiger partial charge in [0.15, 0.2) is 22.7 Å². The first-order valence-electron chi connectivity index (χ1n) is 8.73. The van der Waals surface area contributed by atoms with Gasteiger partial charge in [-0.3, -0.25) is 0 Å². The van der Waals surface area contributed by atoms with Crippen LogP contribution in [0, 0.1) is 11.6 Å². The fraction of sp³-hybridized carbons (Fsp3) is 0.333. The molecule has 0 atom stereocenters. The fourth-order valence-corrected chi connectivity index (χ4v) is 2.94. The van der Waals surface area contributed by atoms with E-state index in [1.54, 1.807) is 24.3 Å². The molecule has 3 aromatic rings. The van der Waals surface area contributed by atoms with E-state index in [2.05, 4.69) is 6.92 Å². The zero-order valence-corrected chi connectivity index (χ0v) is 14.6. The molecule has 132 valence electrons. The van der Waals surface area contributed by atoms with Gasteiger partial charge in [0.2, 0.25) is 5.82 Å². The number of fused-ring (bicyclic) bond motifs is 3. The van der Waals surface area contributed by atoms with Gasteiger partial charge < -0.3 is 9.15 Å². The summed E-state index contributed by atoms with van der Waals surface area (Å²) in [5, 5.41) is 1.15. The number of benzene rings is 2. The molecule has 0 fully saturated rings. The molecule has 0 aliphatic carbocycles. The van der Waals surface area contributed by atoms with Crippen LogP contribution in [-0.4, -0.2) is 6.61 Å². The Morgan fingerprint density at radius 1 is 1.04 bits per heavy atom. The van der Waals surface area contributed by atoms with Crippen LogP contribution in [0.25, 0.3) is 21.9 Å². The van der Waals surface area contributed by atoms with Crippen molar-refractivity contribution in [2.75, 3.05) is 6.61 Å². The molecule has 2 aromatic carbocycles. The molecule has 0 saturated carbocycles. The van der Waals surface area contributed by atoms with Crippen molar-refractivity contribution in [2.45, 2.75) is 39.5 Å². The zero-order chi connectivity index (χ0) is 17.8. The number of halogens is 2. The van der Waals surface area contributed by atoms with E-state index in [-0.39, 0.29) is 16.9 Å². The Morgan fingerprint density at radius 2 is 1.76 bits per heavy atom. The van der Waals surface area contributed by atoms with Crippen LogP contribution in [-0.2, 0) is 6.42 Å². The van der Waals surface area contributed by atoms with Gasteiger partial charge in [0, 0.05) is 10.8 Å². The van der Waals surface area contributed by atoms with Gasteiger partial charge in [0.25, 0.3) is 0 Å². The van der Waals surface area contributed by atoms with E-state index < -0.39 is 11.6 Å². The van der Waals surface area contributed by atoms with E-state index >= 15 is 0 Å². The average Bonchev–Trinajstić information content (AvgIpc) is 3.00. The molecule has 0 N–H and O–H groups in total. The molecule has 25 heavy (non-hydrogen) atoms. The first-order chi connectivity index (χ1) is 12.2. The molecular formula is C21H22F2O2. The van der Waals surface area contributed by atoms with Crippen LogP contribution in [0.3, 0.4) is 0 Å². The molecule has 1 heterocycles. The highest BCUT2D eigenvalue weighted by Gasteiger charge is 2.19. The van der Waals surface area contributed by atoms with Gasteiger partial charge in [-0.15, -0.1) is 0 Å². The van der Waals surface area contributed by atoms with Gasteiger partial charge in [-0.05, 0) is 49.9 Å². The third-order valence-electron chi connectivity index (χ3n) is 4.31. The van der Waals surface area contributed by atoms with Crippen molar-refractivity contribution in [3.05, 3.63) is 53.6 Å². The maximum absolute atomic E-state index is 14.7. The normalized spacial score (nSPS) is 11.8. The van der Waals surface area contributed by atoms with Crippen LogP contribution in [0.4, 0.5) is 8.78 Å². The minimum absolute atomic E-state index is 0.0464. The lowest BCUT2D eigenvalue weighted by Crippen LogP contribution is -1.97. The van der Waals surface area contributed by atoms with Gasteiger partial charge in [0.1, 0.15) is 0 Å². The number of ether oxygens (including phenoxy) is 1. The monoisotopic (exact) mass is 344 g/mol. The number of aryl methyl sites for hydroxylation is 1. The number of hydrogen-bond acceptors (Lipinski definition) is 2. The summed E-state index contributed by atoms with van der Waals surface area (Å²) in [6, 6.07) is 6.87. The Kier molecular flexibility index (Phi) is 5.37. The molecular weight excluding hydrogens is 322 g/mol. The SMILES string of the molecule is C/C=C/CCOc1ccc2c(oc3c(F)c(CCCC)ccc32)c1F. The maximum Gasteiger partial charge on any atom is 0.208 e. The van der Waals surface area contributed by atoms with Crippen LogP contribution < -0.4 is 4.74 Å². The number of allylic oxidation sites excluding steroid dienone is 1. The second-order valence-corrected chi connectivity index (χ2v) is 6.08. The highest BCUT2D eigenvalue weighted by molar-refractivity contribution is 6.05.